The van der Waals surface area contributed by atoms with Crippen LogP contribution in [0.2, 0.25) is 5.02 Å². The maximum atomic E-state index is 11.9. The number of benzene rings is 1. The van der Waals surface area contributed by atoms with Gasteiger partial charge in [-0.1, -0.05) is 17.7 Å². The van der Waals surface area contributed by atoms with E-state index in [1.165, 1.54) is 11.8 Å². The summed E-state index contributed by atoms with van der Waals surface area (Å²) in [7, 11) is 0. The molecule has 0 fully saturated rings. The highest BCUT2D eigenvalue weighted by molar-refractivity contribution is 8.00. The summed E-state index contributed by atoms with van der Waals surface area (Å²) in [4.78, 5) is 13.9. The van der Waals surface area contributed by atoms with E-state index in [2.05, 4.69) is 5.32 Å². The Morgan fingerprint density at radius 2 is 2.30 bits per heavy atom. The maximum Gasteiger partial charge on any atom is 0.230 e. The first-order valence-corrected chi connectivity index (χ1v) is 8.31. The van der Waals surface area contributed by atoms with Crippen LogP contribution in [-0.4, -0.2) is 11.7 Å². The number of halogens is 1. The van der Waals surface area contributed by atoms with Crippen molar-refractivity contribution in [3.8, 4) is 0 Å². The number of nitrogens with one attached hydrogen (secondary N) is 1. The molecular weight excluding hydrogens is 312 g/mol. The van der Waals surface area contributed by atoms with Gasteiger partial charge < -0.3 is 11.1 Å². The van der Waals surface area contributed by atoms with Crippen LogP contribution in [0.3, 0.4) is 0 Å². The van der Waals surface area contributed by atoms with E-state index in [1.807, 2.05) is 30.5 Å². The van der Waals surface area contributed by atoms with E-state index in [-0.39, 0.29) is 11.9 Å². The molecule has 0 saturated heterocycles. The fourth-order valence-corrected chi connectivity index (χ4v) is 3.36. The van der Waals surface area contributed by atoms with E-state index in [0.717, 1.165) is 9.77 Å². The number of rotatable bonds is 5. The second-order valence-electron chi connectivity index (χ2n) is 4.28. The van der Waals surface area contributed by atoms with Gasteiger partial charge in [-0.3, -0.25) is 4.79 Å². The third kappa shape index (κ3) is 4.16. The molecule has 2 aromatic rings. The van der Waals surface area contributed by atoms with Gasteiger partial charge in [-0.05, 0) is 36.6 Å². The zero-order valence-electron chi connectivity index (χ0n) is 10.9. The van der Waals surface area contributed by atoms with Crippen LogP contribution in [0.15, 0.2) is 40.6 Å². The quantitative estimate of drug-likeness (QED) is 0.646. The molecule has 3 N–H and O–H groups in total. The highest BCUT2D eigenvalue weighted by Crippen LogP contribution is 2.27. The number of nitrogen functional groups attached to an aromatic ring is 1. The van der Waals surface area contributed by atoms with Crippen molar-refractivity contribution in [1.29, 1.82) is 0 Å². The summed E-state index contributed by atoms with van der Waals surface area (Å²) < 4.78 is 0. The van der Waals surface area contributed by atoms with Gasteiger partial charge in [0.05, 0.1) is 11.8 Å². The summed E-state index contributed by atoms with van der Waals surface area (Å²) in [5.41, 5.74) is 6.45. The molecule has 106 valence electrons. The van der Waals surface area contributed by atoms with Crippen molar-refractivity contribution in [2.45, 2.75) is 17.9 Å². The van der Waals surface area contributed by atoms with Gasteiger partial charge in [-0.25, -0.2) is 0 Å². The Kier molecular flexibility index (Phi) is 5.34. The van der Waals surface area contributed by atoms with Gasteiger partial charge in [0.15, 0.2) is 0 Å². The first kappa shape index (κ1) is 15.2. The number of thiophene rings is 1. The lowest BCUT2D eigenvalue weighted by atomic mass is 10.3. The molecule has 2 rings (SSSR count). The van der Waals surface area contributed by atoms with Crippen LogP contribution in [0.1, 0.15) is 17.8 Å². The van der Waals surface area contributed by atoms with Crippen LogP contribution < -0.4 is 11.1 Å². The number of hydrogen-bond donors (Lipinski definition) is 2. The van der Waals surface area contributed by atoms with Crippen molar-refractivity contribution >= 4 is 46.3 Å². The summed E-state index contributed by atoms with van der Waals surface area (Å²) in [6.07, 6.45) is 0. The Morgan fingerprint density at radius 1 is 1.50 bits per heavy atom. The second kappa shape index (κ2) is 7.02. The third-order valence-corrected chi connectivity index (χ3v) is 5.06. The van der Waals surface area contributed by atoms with E-state index in [9.17, 15) is 4.79 Å². The summed E-state index contributed by atoms with van der Waals surface area (Å²) in [5, 5.41) is 5.57. The molecule has 1 atom stereocenters. The average Bonchev–Trinajstić information content (AvgIpc) is 2.91. The molecule has 0 bridgehead atoms. The minimum Gasteiger partial charge on any atom is -0.398 e. The van der Waals surface area contributed by atoms with Crippen LogP contribution in [0.4, 0.5) is 5.69 Å². The van der Waals surface area contributed by atoms with Gasteiger partial charge in [0.2, 0.25) is 5.91 Å². The van der Waals surface area contributed by atoms with Gasteiger partial charge >= 0.3 is 0 Å². The third-order valence-electron chi connectivity index (χ3n) is 2.68. The predicted octanol–water partition coefficient (Wildman–Crippen LogP) is 3.95. The largest absolute Gasteiger partial charge is 0.398 e. The molecule has 1 aromatic heterocycles. The molecule has 20 heavy (non-hydrogen) atoms. The summed E-state index contributed by atoms with van der Waals surface area (Å²) in [5.74, 6) is 0.326. The van der Waals surface area contributed by atoms with Crippen molar-refractivity contribution in [1.82, 2.24) is 5.32 Å². The Hall–Kier alpha value is -1.17. The van der Waals surface area contributed by atoms with Crippen LogP contribution in [0, 0.1) is 0 Å². The standard InChI is InChI=1S/C14H15ClN2OS2/c1-9(12-3-2-6-19-12)17-14(18)8-20-13-5-4-10(15)7-11(13)16/h2-7,9H,8,16H2,1H3,(H,17,18). The molecule has 0 aliphatic rings. The molecule has 1 aromatic carbocycles. The Morgan fingerprint density at radius 3 is 2.95 bits per heavy atom. The zero-order valence-corrected chi connectivity index (χ0v) is 13.3. The van der Waals surface area contributed by atoms with Gasteiger partial charge in [0, 0.05) is 20.5 Å². The van der Waals surface area contributed by atoms with Crippen molar-refractivity contribution in [2.75, 3.05) is 11.5 Å². The lowest BCUT2D eigenvalue weighted by Gasteiger charge is -2.12. The van der Waals surface area contributed by atoms with E-state index < -0.39 is 0 Å². The number of amides is 1. The molecule has 1 amide bonds. The SMILES string of the molecule is CC(NC(=O)CSc1ccc(Cl)cc1N)c1cccs1. The fraction of sp³-hybridized carbons (Fsp3) is 0.214. The smallest absolute Gasteiger partial charge is 0.230 e. The second-order valence-corrected chi connectivity index (χ2v) is 6.71. The zero-order chi connectivity index (χ0) is 14.5. The van der Waals surface area contributed by atoms with Gasteiger partial charge in [0.1, 0.15) is 0 Å². The highest BCUT2D eigenvalue weighted by atomic mass is 35.5. The molecule has 1 heterocycles. The van der Waals surface area contributed by atoms with E-state index in [1.54, 1.807) is 23.5 Å². The average molecular weight is 327 g/mol. The monoisotopic (exact) mass is 326 g/mol. The van der Waals surface area contributed by atoms with E-state index >= 15 is 0 Å². The summed E-state index contributed by atoms with van der Waals surface area (Å²) in [6.45, 7) is 1.98. The Labute approximate surface area is 131 Å². The van der Waals surface area contributed by atoms with Gasteiger partial charge in [0.25, 0.3) is 0 Å². The number of carbonyl (C=O) groups is 1. The molecule has 6 heteroatoms. The Bertz CT molecular complexity index is 587. The van der Waals surface area contributed by atoms with E-state index in [4.69, 9.17) is 17.3 Å². The topological polar surface area (TPSA) is 55.1 Å². The lowest BCUT2D eigenvalue weighted by molar-refractivity contribution is -0.119. The number of thioether (sulfide) groups is 1. The van der Waals surface area contributed by atoms with Crippen LogP contribution >= 0.6 is 34.7 Å². The first-order chi connectivity index (χ1) is 9.56. The first-order valence-electron chi connectivity index (χ1n) is 6.07. The molecular formula is C14H15ClN2OS2. The maximum absolute atomic E-state index is 11.9. The number of nitrogens with two attached hydrogens (primary N) is 1. The lowest BCUT2D eigenvalue weighted by Crippen LogP contribution is -2.27. The van der Waals surface area contributed by atoms with Crippen LogP contribution in [-0.2, 0) is 4.79 Å². The van der Waals surface area contributed by atoms with E-state index in [0.29, 0.717) is 16.5 Å². The molecule has 0 aliphatic heterocycles. The molecule has 0 saturated carbocycles. The van der Waals surface area contributed by atoms with Crippen LogP contribution in [0.5, 0.6) is 0 Å². The van der Waals surface area contributed by atoms with Gasteiger partial charge in [-0.15, -0.1) is 23.1 Å². The van der Waals surface area contributed by atoms with Crippen LogP contribution in [0.25, 0.3) is 0 Å². The Balaban J connectivity index is 1.86. The van der Waals surface area contributed by atoms with Gasteiger partial charge in [-0.2, -0.15) is 0 Å². The van der Waals surface area contributed by atoms with Crippen molar-refractivity contribution in [3.05, 3.63) is 45.6 Å². The molecule has 0 aliphatic carbocycles. The molecule has 1 unspecified atom stereocenters. The minimum absolute atomic E-state index is 0.00903. The fourth-order valence-electron chi connectivity index (χ4n) is 1.69. The minimum atomic E-state index is -0.00903. The predicted molar refractivity (Wildman–Crippen MR) is 87.5 cm³/mol. The number of anilines is 1. The van der Waals surface area contributed by atoms with Crippen molar-refractivity contribution < 1.29 is 4.79 Å². The summed E-state index contributed by atoms with van der Waals surface area (Å²) in [6, 6.07) is 9.32. The molecule has 0 spiro atoms. The normalized spacial score (nSPS) is 12.1. The van der Waals surface area contributed by atoms with Crippen molar-refractivity contribution in [3.63, 3.8) is 0 Å². The highest BCUT2D eigenvalue weighted by Gasteiger charge is 2.11. The number of carbonyl (C=O) groups excluding carboxylic acids is 1. The van der Waals surface area contributed by atoms with Crippen molar-refractivity contribution in [2.24, 2.45) is 0 Å². The summed E-state index contributed by atoms with van der Waals surface area (Å²) >= 11 is 8.88. The molecule has 3 nitrogen and oxygen atoms in total. The number of hydrogen-bond acceptors (Lipinski definition) is 4. The molecule has 0 radical (unpaired) electrons.